The summed E-state index contributed by atoms with van der Waals surface area (Å²) in [6.07, 6.45) is 76.3. The molecule has 0 radical (unpaired) electrons. The number of carbonyl (C=O) groups excluding carboxylic acids is 3. The van der Waals surface area contributed by atoms with E-state index in [4.69, 9.17) is 14.2 Å². The minimum atomic E-state index is -0.773. The van der Waals surface area contributed by atoms with Gasteiger partial charge in [-0.3, -0.25) is 14.4 Å². The third kappa shape index (κ3) is 60.8. The van der Waals surface area contributed by atoms with Gasteiger partial charge in [-0.05, 0) is 70.6 Å². The fraction of sp³-hybridized carbons (Fsp3) is 0.897. The Bertz CT molecular complexity index is 1190. The lowest BCUT2D eigenvalue weighted by Gasteiger charge is -2.18. The molecule has 0 rings (SSSR count). The summed E-state index contributed by atoms with van der Waals surface area (Å²) in [5.74, 6) is -0.855. The Morgan fingerprint density at radius 3 is 0.703 bits per heavy atom. The molecule has 436 valence electrons. The van der Waals surface area contributed by atoms with Gasteiger partial charge in [-0.25, -0.2) is 0 Å². The van der Waals surface area contributed by atoms with Crippen molar-refractivity contribution >= 4 is 17.9 Å². The number of hydrogen-bond acceptors (Lipinski definition) is 6. The zero-order valence-corrected chi connectivity index (χ0v) is 50.1. The molecule has 0 aliphatic rings. The standard InChI is InChI=1S/C68H128O6/c1-4-7-10-13-16-19-22-25-27-29-31-32-33-34-35-36-38-39-41-43-46-49-52-55-58-61-67(70)73-64-65(63-72-66(69)60-57-54-51-48-45-24-21-18-15-12-9-6-3)74-68(71)62-59-56-53-50-47-44-42-40-37-30-28-26-23-20-17-14-11-8-5-2/h18,21,26,28,65H,4-17,19-20,22-25,27,29-64H2,1-3H3/b21-18-,28-26-. The van der Waals surface area contributed by atoms with Crippen LogP contribution in [0.4, 0.5) is 0 Å². The van der Waals surface area contributed by atoms with Gasteiger partial charge in [0.15, 0.2) is 6.10 Å². The first-order valence-corrected chi connectivity index (χ1v) is 33.3. The summed E-state index contributed by atoms with van der Waals surface area (Å²) < 4.78 is 16.9. The number of rotatable bonds is 62. The first-order chi connectivity index (χ1) is 36.5. The van der Waals surface area contributed by atoms with Crippen molar-refractivity contribution in [3.63, 3.8) is 0 Å². The fourth-order valence-electron chi connectivity index (χ4n) is 10.1. The van der Waals surface area contributed by atoms with E-state index < -0.39 is 6.10 Å². The average molecular weight is 1040 g/mol. The molecule has 6 heteroatoms. The van der Waals surface area contributed by atoms with E-state index in [1.165, 1.54) is 270 Å². The van der Waals surface area contributed by atoms with Crippen molar-refractivity contribution in [2.24, 2.45) is 0 Å². The van der Waals surface area contributed by atoms with Gasteiger partial charge in [0.25, 0.3) is 0 Å². The zero-order valence-electron chi connectivity index (χ0n) is 50.1. The maximum Gasteiger partial charge on any atom is 0.306 e. The van der Waals surface area contributed by atoms with Gasteiger partial charge in [0.2, 0.25) is 0 Å². The second-order valence-corrected chi connectivity index (χ2v) is 22.7. The van der Waals surface area contributed by atoms with Crippen LogP contribution in [-0.2, 0) is 28.6 Å². The minimum absolute atomic E-state index is 0.0696. The second-order valence-electron chi connectivity index (χ2n) is 22.7. The Labute approximate surface area is 462 Å². The molecule has 1 atom stereocenters. The van der Waals surface area contributed by atoms with Crippen LogP contribution in [0.15, 0.2) is 24.3 Å². The van der Waals surface area contributed by atoms with Crippen LogP contribution in [0.2, 0.25) is 0 Å². The molecule has 0 heterocycles. The van der Waals surface area contributed by atoms with Crippen LogP contribution < -0.4 is 0 Å². The smallest absolute Gasteiger partial charge is 0.306 e. The first-order valence-electron chi connectivity index (χ1n) is 33.3. The summed E-state index contributed by atoms with van der Waals surface area (Å²) in [6, 6.07) is 0. The van der Waals surface area contributed by atoms with Crippen molar-refractivity contribution < 1.29 is 28.6 Å². The van der Waals surface area contributed by atoms with Crippen LogP contribution in [0.1, 0.15) is 374 Å². The van der Waals surface area contributed by atoms with Gasteiger partial charge in [-0.2, -0.15) is 0 Å². The van der Waals surface area contributed by atoms with Crippen molar-refractivity contribution in [3.05, 3.63) is 24.3 Å². The van der Waals surface area contributed by atoms with Crippen molar-refractivity contribution in [2.75, 3.05) is 13.2 Å². The molecule has 0 amide bonds. The van der Waals surface area contributed by atoms with Gasteiger partial charge in [0.05, 0.1) is 0 Å². The lowest BCUT2D eigenvalue weighted by atomic mass is 10.0. The molecular formula is C68H128O6. The van der Waals surface area contributed by atoms with Gasteiger partial charge in [0, 0.05) is 19.3 Å². The highest BCUT2D eigenvalue weighted by Gasteiger charge is 2.19. The van der Waals surface area contributed by atoms with E-state index in [1.807, 2.05) is 0 Å². The molecule has 0 aliphatic heterocycles. The van der Waals surface area contributed by atoms with Crippen LogP contribution in [-0.4, -0.2) is 37.2 Å². The third-order valence-corrected chi connectivity index (χ3v) is 15.2. The minimum Gasteiger partial charge on any atom is -0.462 e. The summed E-state index contributed by atoms with van der Waals surface area (Å²) in [6.45, 7) is 6.67. The number of hydrogen-bond donors (Lipinski definition) is 0. The summed E-state index contributed by atoms with van der Waals surface area (Å²) in [5, 5.41) is 0. The van der Waals surface area contributed by atoms with E-state index in [0.717, 1.165) is 64.2 Å². The summed E-state index contributed by atoms with van der Waals surface area (Å²) in [4.78, 5) is 38.3. The van der Waals surface area contributed by atoms with Crippen molar-refractivity contribution in [2.45, 2.75) is 380 Å². The number of allylic oxidation sites excluding steroid dienone is 4. The molecule has 0 saturated carbocycles. The van der Waals surface area contributed by atoms with Crippen LogP contribution >= 0.6 is 0 Å². The Morgan fingerprint density at radius 1 is 0.257 bits per heavy atom. The van der Waals surface area contributed by atoms with E-state index in [9.17, 15) is 14.4 Å². The lowest BCUT2D eigenvalue weighted by Crippen LogP contribution is -2.30. The van der Waals surface area contributed by atoms with Gasteiger partial charge in [-0.15, -0.1) is 0 Å². The van der Waals surface area contributed by atoms with Crippen molar-refractivity contribution in [1.29, 1.82) is 0 Å². The van der Waals surface area contributed by atoms with E-state index in [2.05, 4.69) is 45.1 Å². The van der Waals surface area contributed by atoms with Crippen LogP contribution in [0, 0.1) is 0 Å². The molecule has 1 unspecified atom stereocenters. The number of unbranched alkanes of at least 4 members (excludes halogenated alkanes) is 47. The number of esters is 3. The lowest BCUT2D eigenvalue weighted by molar-refractivity contribution is -0.167. The predicted molar refractivity (Wildman–Crippen MR) is 321 cm³/mol. The highest BCUT2D eigenvalue weighted by atomic mass is 16.6. The van der Waals surface area contributed by atoms with Crippen molar-refractivity contribution in [1.82, 2.24) is 0 Å². The largest absolute Gasteiger partial charge is 0.462 e. The zero-order chi connectivity index (χ0) is 53.6. The molecule has 0 aliphatic carbocycles. The Kier molecular flexibility index (Phi) is 61.6. The predicted octanol–water partition coefficient (Wildman–Crippen LogP) is 22.6. The Morgan fingerprint density at radius 2 is 0.446 bits per heavy atom. The molecule has 0 N–H and O–H groups in total. The summed E-state index contributed by atoms with van der Waals surface area (Å²) in [5.41, 5.74) is 0. The van der Waals surface area contributed by atoms with Gasteiger partial charge in [0.1, 0.15) is 13.2 Å². The van der Waals surface area contributed by atoms with E-state index in [1.54, 1.807) is 0 Å². The maximum atomic E-state index is 12.9. The van der Waals surface area contributed by atoms with Crippen molar-refractivity contribution in [3.8, 4) is 0 Å². The summed E-state index contributed by atoms with van der Waals surface area (Å²) >= 11 is 0. The highest BCUT2D eigenvalue weighted by molar-refractivity contribution is 5.71. The SMILES string of the molecule is CCCCC/C=C\CCCCCCCC(=O)OCC(COC(=O)CCCCCCCCCCCCCCCCCCCCCCCCCCC)OC(=O)CCCCCCCCCCC/C=C\CCCCCCCC. The molecule has 0 fully saturated rings. The monoisotopic (exact) mass is 1040 g/mol. The number of ether oxygens (including phenoxy) is 3. The van der Waals surface area contributed by atoms with E-state index in [-0.39, 0.29) is 31.1 Å². The molecular weight excluding hydrogens is 913 g/mol. The first kappa shape index (κ1) is 71.9. The fourth-order valence-corrected chi connectivity index (χ4v) is 10.1. The quantitative estimate of drug-likeness (QED) is 0.0261. The molecule has 0 aromatic heterocycles. The van der Waals surface area contributed by atoms with E-state index in [0.29, 0.717) is 19.3 Å². The molecule has 0 bridgehead atoms. The van der Waals surface area contributed by atoms with Crippen LogP contribution in [0.3, 0.4) is 0 Å². The molecule has 0 spiro atoms. The molecule has 6 nitrogen and oxygen atoms in total. The topological polar surface area (TPSA) is 78.9 Å². The maximum absolute atomic E-state index is 12.9. The van der Waals surface area contributed by atoms with Crippen LogP contribution in [0.25, 0.3) is 0 Å². The summed E-state index contributed by atoms with van der Waals surface area (Å²) in [7, 11) is 0. The second kappa shape index (κ2) is 63.4. The average Bonchev–Trinajstić information content (AvgIpc) is 3.40. The molecule has 0 aromatic carbocycles. The normalized spacial score (nSPS) is 12.1. The highest BCUT2D eigenvalue weighted by Crippen LogP contribution is 2.18. The molecule has 0 aromatic rings. The third-order valence-electron chi connectivity index (χ3n) is 15.2. The molecule has 0 saturated heterocycles. The van der Waals surface area contributed by atoms with Gasteiger partial charge < -0.3 is 14.2 Å². The Balaban J connectivity index is 4.21. The van der Waals surface area contributed by atoms with Gasteiger partial charge in [-0.1, -0.05) is 308 Å². The number of carbonyl (C=O) groups is 3. The van der Waals surface area contributed by atoms with E-state index >= 15 is 0 Å². The van der Waals surface area contributed by atoms with Crippen LogP contribution in [0.5, 0.6) is 0 Å². The van der Waals surface area contributed by atoms with Gasteiger partial charge >= 0.3 is 17.9 Å². The Hall–Kier alpha value is -2.11. The molecule has 74 heavy (non-hydrogen) atoms.